The van der Waals surface area contributed by atoms with Crippen molar-refractivity contribution >= 4 is 5.91 Å². The number of nitrogens with one attached hydrogen (secondary N) is 1. The molecule has 1 saturated carbocycles. The number of aromatic nitrogens is 2. The molecular weight excluding hydrogens is 317 g/mol. The number of H-pyrrole nitrogens is 1. The summed E-state index contributed by atoms with van der Waals surface area (Å²) in [5.41, 5.74) is 2.01. The number of carbonyl (C=O) groups is 1. The molecular formula is C20H24FN3O. The molecule has 1 amide bonds. The third-order valence-corrected chi connectivity index (χ3v) is 5.79. The first-order valence-corrected chi connectivity index (χ1v) is 9.24. The largest absolute Gasteiger partial charge is 0.334 e. The number of hydrogen-bond acceptors (Lipinski definition) is 2. The Balaban J connectivity index is 1.53. The van der Waals surface area contributed by atoms with Crippen molar-refractivity contribution in [3.63, 3.8) is 0 Å². The van der Waals surface area contributed by atoms with Crippen molar-refractivity contribution in [1.29, 1.82) is 0 Å². The fourth-order valence-electron chi connectivity index (χ4n) is 4.50. The van der Waals surface area contributed by atoms with Gasteiger partial charge in [-0.05, 0) is 74.3 Å². The highest BCUT2D eigenvalue weighted by Gasteiger charge is 2.38. The highest BCUT2D eigenvalue weighted by molar-refractivity contribution is 5.93. The number of rotatable bonds is 2. The van der Waals surface area contributed by atoms with Crippen LogP contribution in [0.5, 0.6) is 0 Å². The van der Waals surface area contributed by atoms with E-state index in [1.165, 1.54) is 31.4 Å². The SMILES string of the molecule is CC1CCC2C(CCCN2C(=O)c2cc(-c3ccc(F)cc3)n[nH]2)C1. The third-order valence-electron chi connectivity index (χ3n) is 5.79. The lowest BCUT2D eigenvalue weighted by Crippen LogP contribution is -2.50. The first-order chi connectivity index (χ1) is 12.1. The molecule has 4 rings (SSSR count). The number of amides is 1. The van der Waals surface area contributed by atoms with Gasteiger partial charge in [-0.1, -0.05) is 6.92 Å². The van der Waals surface area contributed by atoms with E-state index in [2.05, 4.69) is 22.0 Å². The fraction of sp³-hybridized carbons (Fsp3) is 0.500. The second kappa shape index (κ2) is 6.62. The highest BCUT2D eigenvalue weighted by Crippen LogP contribution is 2.38. The van der Waals surface area contributed by atoms with Crippen LogP contribution in [-0.4, -0.2) is 33.6 Å². The lowest BCUT2D eigenvalue weighted by atomic mass is 9.74. The summed E-state index contributed by atoms with van der Waals surface area (Å²) in [7, 11) is 0. The van der Waals surface area contributed by atoms with E-state index >= 15 is 0 Å². The van der Waals surface area contributed by atoms with Crippen molar-refractivity contribution < 1.29 is 9.18 Å². The quantitative estimate of drug-likeness (QED) is 0.887. The summed E-state index contributed by atoms with van der Waals surface area (Å²) in [5, 5.41) is 7.14. The van der Waals surface area contributed by atoms with Gasteiger partial charge in [-0.15, -0.1) is 0 Å². The van der Waals surface area contributed by atoms with Crippen molar-refractivity contribution in [3.05, 3.63) is 41.8 Å². The summed E-state index contributed by atoms with van der Waals surface area (Å²) in [6, 6.07) is 8.33. The van der Waals surface area contributed by atoms with E-state index in [0.29, 0.717) is 23.3 Å². The fourth-order valence-corrected chi connectivity index (χ4v) is 4.50. The predicted octanol–water partition coefficient (Wildman–Crippen LogP) is 4.26. The Bertz CT molecular complexity index is 755. The average Bonchev–Trinajstić information content (AvgIpc) is 3.11. The van der Waals surface area contributed by atoms with Gasteiger partial charge in [0.15, 0.2) is 0 Å². The molecule has 1 aromatic heterocycles. The lowest BCUT2D eigenvalue weighted by Gasteiger charge is -2.45. The molecule has 1 saturated heterocycles. The van der Waals surface area contributed by atoms with Gasteiger partial charge >= 0.3 is 0 Å². The Morgan fingerprint density at radius 1 is 1.24 bits per heavy atom. The van der Waals surface area contributed by atoms with Crippen LogP contribution in [0.15, 0.2) is 30.3 Å². The maximum atomic E-state index is 13.1. The zero-order valence-corrected chi connectivity index (χ0v) is 14.5. The van der Waals surface area contributed by atoms with Gasteiger partial charge in [-0.2, -0.15) is 5.10 Å². The maximum absolute atomic E-state index is 13.1. The number of benzene rings is 1. The van der Waals surface area contributed by atoms with Gasteiger partial charge in [-0.25, -0.2) is 4.39 Å². The average molecular weight is 341 g/mol. The zero-order chi connectivity index (χ0) is 17.4. The van der Waals surface area contributed by atoms with Gasteiger partial charge < -0.3 is 4.90 Å². The molecule has 3 unspecified atom stereocenters. The molecule has 2 fully saturated rings. The molecule has 132 valence electrons. The normalized spacial score (nSPS) is 26.3. The van der Waals surface area contributed by atoms with Crippen LogP contribution in [0.4, 0.5) is 4.39 Å². The number of piperidine rings is 1. The molecule has 3 atom stereocenters. The van der Waals surface area contributed by atoms with E-state index in [-0.39, 0.29) is 11.7 Å². The summed E-state index contributed by atoms with van der Waals surface area (Å²) in [6.07, 6.45) is 5.87. The standard InChI is InChI=1S/C20H24FN3O/c1-13-4-9-19-15(11-13)3-2-10-24(19)20(25)18-12-17(22-23-18)14-5-7-16(21)8-6-14/h5-8,12-13,15,19H,2-4,9-11H2,1H3,(H,22,23). The Hall–Kier alpha value is -2.17. The topological polar surface area (TPSA) is 49.0 Å². The van der Waals surface area contributed by atoms with Crippen LogP contribution in [-0.2, 0) is 0 Å². The van der Waals surface area contributed by atoms with E-state index in [1.54, 1.807) is 18.2 Å². The smallest absolute Gasteiger partial charge is 0.272 e. The van der Waals surface area contributed by atoms with E-state index in [4.69, 9.17) is 0 Å². The number of halogens is 1. The Labute approximate surface area is 147 Å². The number of fused-ring (bicyclic) bond motifs is 1. The molecule has 1 aromatic carbocycles. The highest BCUT2D eigenvalue weighted by atomic mass is 19.1. The summed E-state index contributed by atoms with van der Waals surface area (Å²) >= 11 is 0. The van der Waals surface area contributed by atoms with Gasteiger partial charge in [-0.3, -0.25) is 9.89 Å². The van der Waals surface area contributed by atoms with Crippen LogP contribution in [0.1, 0.15) is 49.5 Å². The minimum absolute atomic E-state index is 0.0464. The second-order valence-electron chi connectivity index (χ2n) is 7.56. The molecule has 2 aromatic rings. The molecule has 5 heteroatoms. The van der Waals surface area contributed by atoms with Crippen LogP contribution >= 0.6 is 0 Å². The summed E-state index contributed by atoms with van der Waals surface area (Å²) < 4.78 is 13.1. The van der Waals surface area contributed by atoms with Gasteiger partial charge in [0.1, 0.15) is 11.5 Å². The maximum Gasteiger partial charge on any atom is 0.272 e. The Morgan fingerprint density at radius 2 is 2.04 bits per heavy atom. The van der Waals surface area contributed by atoms with Crippen molar-refractivity contribution in [1.82, 2.24) is 15.1 Å². The second-order valence-corrected chi connectivity index (χ2v) is 7.56. The molecule has 4 nitrogen and oxygen atoms in total. The van der Waals surface area contributed by atoms with Crippen LogP contribution in [0.3, 0.4) is 0 Å². The first kappa shape index (κ1) is 16.3. The minimum Gasteiger partial charge on any atom is -0.334 e. The number of aromatic amines is 1. The third kappa shape index (κ3) is 3.20. The Morgan fingerprint density at radius 3 is 2.84 bits per heavy atom. The van der Waals surface area contributed by atoms with Crippen LogP contribution in [0, 0.1) is 17.7 Å². The molecule has 1 aliphatic heterocycles. The van der Waals surface area contributed by atoms with Crippen LogP contribution in [0.2, 0.25) is 0 Å². The number of likely N-dealkylation sites (tertiary alicyclic amines) is 1. The van der Waals surface area contributed by atoms with E-state index in [9.17, 15) is 9.18 Å². The number of nitrogens with zero attached hydrogens (tertiary/aromatic N) is 2. The zero-order valence-electron chi connectivity index (χ0n) is 14.5. The van der Waals surface area contributed by atoms with Crippen LogP contribution in [0.25, 0.3) is 11.3 Å². The minimum atomic E-state index is -0.276. The monoisotopic (exact) mass is 341 g/mol. The predicted molar refractivity (Wildman–Crippen MR) is 94.5 cm³/mol. The summed E-state index contributed by atoms with van der Waals surface area (Å²) in [4.78, 5) is 15.1. The van der Waals surface area contributed by atoms with Gasteiger partial charge in [0.2, 0.25) is 0 Å². The van der Waals surface area contributed by atoms with Gasteiger partial charge in [0.25, 0.3) is 5.91 Å². The van der Waals surface area contributed by atoms with Gasteiger partial charge in [0, 0.05) is 18.2 Å². The van der Waals surface area contributed by atoms with E-state index < -0.39 is 0 Å². The molecule has 2 aliphatic rings. The van der Waals surface area contributed by atoms with E-state index in [0.717, 1.165) is 30.9 Å². The Kier molecular flexibility index (Phi) is 4.32. The van der Waals surface area contributed by atoms with Crippen molar-refractivity contribution in [2.75, 3.05) is 6.54 Å². The summed E-state index contributed by atoms with van der Waals surface area (Å²) in [6.45, 7) is 3.15. The molecule has 1 N–H and O–H groups in total. The van der Waals surface area contributed by atoms with Crippen molar-refractivity contribution in [2.24, 2.45) is 11.8 Å². The van der Waals surface area contributed by atoms with E-state index in [1.807, 2.05) is 0 Å². The summed E-state index contributed by atoms with van der Waals surface area (Å²) in [5.74, 6) is 1.18. The van der Waals surface area contributed by atoms with Crippen LogP contribution < -0.4 is 0 Å². The molecule has 25 heavy (non-hydrogen) atoms. The molecule has 0 radical (unpaired) electrons. The first-order valence-electron chi connectivity index (χ1n) is 9.24. The molecule has 2 heterocycles. The van der Waals surface area contributed by atoms with Gasteiger partial charge in [0.05, 0.1) is 5.69 Å². The van der Waals surface area contributed by atoms with Crippen molar-refractivity contribution in [2.45, 2.75) is 45.1 Å². The molecule has 1 aliphatic carbocycles. The number of hydrogen-bond donors (Lipinski definition) is 1. The number of carbonyl (C=O) groups excluding carboxylic acids is 1. The lowest BCUT2D eigenvalue weighted by molar-refractivity contribution is 0.0317. The molecule has 0 spiro atoms. The van der Waals surface area contributed by atoms with Crippen molar-refractivity contribution in [3.8, 4) is 11.3 Å². The molecule has 0 bridgehead atoms.